The maximum absolute atomic E-state index is 6.43. The van der Waals surface area contributed by atoms with Gasteiger partial charge in [-0.1, -0.05) is 63.0 Å². The van der Waals surface area contributed by atoms with Crippen LogP contribution in [0.25, 0.3) is 11.0 Å². The third kappa shape index (κ3) is 3.60. The minimum atomic E-state index is -0.128. The maximum Gasteiger partial charge on any atom is 0.146 e. The highest BCUT2D eigenvalue weighted by atomic mass is 35.5. The van der Waals surface area contributed by atoms with Crippen LogP contribution in [0.2, 0.25) is 10.0 Å². The summed E-state index contributed by atoms with van der Waals surface area (Å²) in [5.41, 5.74) is 1.81. The van der Waals surface area contributed by atoms with E-state index in [9.17, 15) is 0 Å². The number of rotatable bonds is 3. The van der Waals surface area contributed by atoms with Crippen molar-refractivity contribution < 1.29 is 0 Å². The van der Waals surface area contributed by atoms with E-state index in [0.29, 0.717) is 22.5 Å². The van der Waals surface area contributed by atoms with Gasteiger partial charge in [0.1, 0.15) is 17.3 Å². The zero-order valence-electron chi connectivity index (χ0n) is 16.8. The van der Waals surface area contributed by atoms with Gasteiger partial charge in [0.25, 0.3) is 0 Å². The first-order valence-corrected chi connectivity index (χ1v) is 10.5. The molecule has 4 nitrogen and oxygen atoms in total. The van der Waals surface area contributed by atoms with Crippen molar-refractivity contribution in [2.45, 2.75) is 46.1 Å². The van der Waals surface area contributed by atoms with Gasteiger partial charge in [0.05, 0.1) is 22.0 Å². The fourth-order valence-electron chi connectivity index (χ4n) is 3.73. The molecule has 1 aliphatic heterocycles. The Morgan fingerprint density at radius 3 is 2.61 bits per heavy atom. The predicted octanol–water partition coefficient (Wildman–Crippen LogP) is 5.93. The van der Waals surface area contributed by atoms with Crippen LogP contribution in [-0.4, -0.2) is 27.6 Å². The number of hydrogen-bond acceptors (Lipinski definition) is 3. The van der Waals surface area contributed by atoms with E-state index in [1.807, 2.05) is 18.2 Å². The molecule has 0 radical (unpaired) electrons. The topological polar surface area (TPSA) is 34.0 Å². The molecule has 1 fully saturated rings. The summed E-state index contributed by atoms with van der Waals surface area (Å²) in [5, 5.41) is 2.28. The minimum absolute atomic E-state index is 0.128. The van der Waals surface area contributed by atoms with Crippen molar-refractivity contribution in [3.8, 4) is 0 Å². The van der Waals surface area contributed by atoms with E-state index >= 15 is 0 Å². The smallest absolute Gasteiger partial charge is 0.146 e. The van der Waals surface area contributed by atoms with E-state index in [-0.39, 0.29) is 5.41 Å². The number of nitrogens with zero attached hydrogens (tertiary/aromatic N) is 4. The lowest BCUT2D eigenvalue weighted by Gasteiger charge is -2.23. The van der Waals surface area contributed by atoms with Crippen molar-refractivity contribution in [1.82, 2.24) is 14.5 Å². The van der Waals surface area contributed by atoms with Crippen LogP contribution in [0.4, 0.5) is 5.82 Å². The van der Waals surface area contributed by atoms with E-state index in [0.717, 1.165) is 41.3 Å². The summed E-state index contributed by atoms with van der Waals surface area (Å²) in [5.74, 6) is 2.61. The summed E-state index contributed by atoms with van der Waals surface area (Å²) in [7, 11) is 0. The quantitative estimate of drug-likeness (QED) is 0.530. The lowest BCUT2D eigenvalue weighted by Crippen LogP contribution is -2.24. The van der Waals surface area contributed by atoms with Crippen LogP contribution < -0.4 is 4.90 Å². The Hall–Kier alpha value is -1.78. The van der Waals surface area contributed by atoms with Crippen LogP contribution in [0.5, 0.6) is 0 Å². The number of fused-ring (bicyclic) bond motifs is 1. The molecule has 0 saturated carbocycles. The van der Waals surface area contributed by atoms with Gasteiger partial charge in [0, 0.05) is 24.7 Å². The van der Waals surface area contributed by atoms with Crippen LogP contribution in [0.15, 0.2) is 30.5 Å². The monoisotopic (exact) mass is 416 g/mol. The molecular formula is C22H26Cl2N4. The number of anilines is 1. The Balaban J connectivity index is 1.84. The molecule has 1 aliphatic rings. The van der Waals surface area contributed by atoms with Crippen LogP contribution in [0, 0.1) is 5.92 Å². The van der Waals surface area contributed by atoms with E-state index in [1.54, 1.807) is 0 Å². The molecular weight excluding hydrogens is 391 g/mol. The molecule has 28 heavy (non-hydrogen) atoms. The van der Waals surface area contributed by atoms with Gasteiger partial charge in [0.15, 0.2) is 0 Å². The molecule has 4 rings (SSSR count). The summed E-state index contributed by atoms with van der Waals surface area (Å²) < 4.78 is 2.15. The van der Waals surface area contributed by atoms with Gasteiger partial charge in [0.2, 0.25) is 0 Å². The van der Waals surface area contributed by atoms with E-state index in [2.05, 4.69) is 49.4 Å². The first-order valence-electron chi connectivity index (χ1n) is 9.79. The molecule has 148 valence electrons. The summed E-state index contributed by atoms with van der Waals surface area (Å²) in [6.45, 7) is 11.5. The molecule has 0 unspecified atom stereocenters. The molecule has 0 N–H and O–H groups in total. The third-order valence-corrected chi connectivity index (χ3v) is 6.22. The highest BCUT2D eigenvalue weighted by Gasteiger charge is 2.27. The zero-order chi connectivity index (χ0) is 20.1. The summed E-state index contributed by atoms with van der Waals surface area (Å²) in [6, 6.07) is 7.88. The van der Waals surface area contributed by atoms with Crippen molar-refractivity contribution in [2.24, 2.45) is 5.92 Å². The highest BCUT2D eigenvalue weighted by molar-refractivity contribution is 6.42. The molecule has 2 aromatic heterocycles. The molecule has 0 aliphatic carbocycles. The molecule has 6 heteroatoms. The van der Waals surface area contributed by atoms with Gasteiger partial charge in [-0.3, -0.25) is 0 Å². The first kappa shape index (κ1) is 19.5. The number of benzene rings is 1. The van der Waals surface area contributed by atoms with Crippen LogP contribution >= 0.6 is 23.2 Å². The van der Waals surface area contributed by atoms with Gasteiger partial charge >= 0.3 is 0 Å². The van der Waals surface area contributed by atoms with Gasteiger partial charge < -0.3 is 9.47 Å². The molecule has 3 heterocycles. The Kier molecular flexibility index (Phi) is 5.05. The largest absolute Gasteiger partial charge is 0.356 e. The molecule has 0 spiro atoms. The Morgan fingerprint density at radius 2 is 1.93 bits per heavy atom. The van der Waals surface area contributed by atoms with Crippen molar-refractivity contribution in [1.29, 1.82) is 0 Å². The second-order valence-electron chi connectivity index (χ2n) is 8.85. The van der Waals surface area contributed by atoms with E-state index in [4.69, 9.17) is 33.2 Å². The highest BCUT2D eigenvalue weighted by Crippen LogP contribution is 2.33. The van der Waals surface area contributed by atoms with Crippen LogP contribution in [-0.2, 0) is 12.0 Å². The van der Waals surface area contributed by atoms with Gasteiger partial charge in [-0.05, 0) is 30.0 Å². The Labute approximate surface area is 176 Å². The fourth-order valence-corrected chi connectivity index (χ4v) is 4.11. The number of hydrogen-bond donors (Lipinski definition) is 0. The SMILES string of the molecule is C[C@H]1CCN(c2nc(C(C)(C)C)nc3c2ccn3Cc2cccc(Cl)c2Cl)C1. The molecule has 1 saturated heterocycles. The molecule has 1 atom stereocenters. The van der Waals surface area contributed by atoms with Crippen LogP contribution in [0.1, 0.15) is 45.5 Å². The standard InChI is InChI=1S/C22H26Cl2N4/c1-14-8-10-27(12-14)19-16-9-11-28(13-15-6-5-7-17(23)18(15)24)20(16)26-21(25-19)22(2,3)4/h5-7,9,11,14H,8,10,12-13H2,1-4H3/t14-/m0/s1. The van der Waals surface area contributed by atoms with Gasteiger partial charge in [-0.15, -0.1) is 0 Å². The average Bonchev–Trinajstić information content (AvgIpc) is 3.24. The number of aromatic nitrogens is 3. The molecule has 0 bridgehead atoms. The second-order valence-corrected chi connectivity index (χ2v) is 9.64. The lowest BCUT2D eigenvalue weighted by molar-refractivity contribution is 0.546. The maximum atomic E-state index is 6.43. The molecule has 0 amide bonds. The normalized spacial score (nSPS) is 17.6. The van der Waals surface area contributed by atoms with Crippen molar-refractivity contribution in [2.75, 3.05) is 18.0 Å². The first-order chi connectivity index (χ1) is 13.2. The molecule has 1 aromatic carbocycles. The summed E-state index contributed by atoms with van der Waals surface area (Å²) in [4.78, 5) is 12.4. The average molecular weight is 417 g/mol. The molecule has 3 aromatic rings. The van der Waals surface area contributed by atoms with E-state index < -0.39 is 0 Å². The summed E-state index contributed by atoms with van der Waals surface area (Å²) in [6.07, 6.45) is 3.28. The Bertz CT molecular complexity index is 1020. The van der Waals surface area contributed by atoms with Crippen LogP contribution in [0.3, 0.4) is 0 Å². The number of halogens is 2. The summed E-state index contributed by atoms with van der Waals surface area (Å²) >= 11 is 12.6. The van der Waals surface area contributed by atoms with Crippen molar-refractivity contribution >= 4 is 40.1 Å². The lowest BCUT2D eigenvalue weighted by atomic mass is 9.95. The van der Waals surface area contributed by atoms with Crippen molar-refractivity contribution in [3.05, 3.63) is 51.9 Å². The minimum Gasteiger partial charge on any atom is -0.356 e. The van der Waals surface area contributed by atoms with Gasteiger partial charge in [-0.2, -0.15) is 0 Å². The second kappa shape index (κ2) is 7.23. The van der Waals surface area contributed by atoms with Gasteiger partial charge in [-0.25, -0.2) is 9.97 Å². The third-order valence-electron chi connectivity index (χ3n) is 5.37. The predicted molar refractivity (Wildman–Crippen MR) is 118 cm³/mol. The fraction of sp³-hybridized carbons (Fsp3) is 0.455. The zero-order valence-corrected chi connectivity index (χ0v) is 18.3. The van der Waals surface area contributed by atoms with E-state index in [1.165, 1.54) is 6.42 Å². The Morgan fingerprint density at radius 1 is 1.14 bits per heavy atom. The van der Waals surface area contributed by atoms with Crippen molar-refractivity contribution in [3.63, 3.8) is 0 Å².